The van der Waals surface area contributed by atoms with E-state index in [0.29, 0.717) is 5.28 Å². The molecule has 4 nitrogen and oxygen atoms in total. The molecule has 1 N–H and O–H groups in total. The van der Waals surface area contributed by atoms with Crippen LogP contribution in [0.1, 0.15) is 5.69 Å². The van der Waals surface area contributed by atoms with Gasteiger partial charge < -0.3 is 9.88 Å². The molecule has 0 spiro atoms. The van der Waals surface area contributed by atoms with E-state index in [4.69, 9.17) is 11.6 Å². The van der Waals surface area contributed by atoms with E-state index in [9.17, 15) is 0 Å². The summed E-state index contributed by atoms with van der Waals surface area (Å²) in [4.78, 5) is 8.27. The zero-order valence-corrected chi connectivity index (χ0v) is 9.46. The van der Waals surface area contributed by atoms with Gasteiger partial charge in [0.15, 0.2) is 0 Å². The standard InChI is InChI=1S/C11H11ClN4/c1-7-4-9-5-8-6-14-11(12)15-10(8)16(9)3-2-13-7/h5-6,13H,1-4H2. The number of hydrogen-bond acceptors (Lipinski definition) is 3. The lowest BCUT2D eigenvalue weighted by molar-refractivity contribution is 0.681. The third kappa shape index (κ3) is 1.46. The van der Waals surface area contributed by atoms with Gasteiger partial charge >= 0.3 is 0 Å². The number of hydrogen-bond donors (Lipinski definition) is 1. The molecular weight excluding hydrogens is 224 g/mol. The van der Waals surface area contributed by atoms with Gasteiger partial charge in [0.05, 0.1) is 0 Å². The number of halogens is 1. The van der Waals surface area contributed by atoms with Crippen molar-refractivity contribution in [2.75, 3.05) is 6.54 Å². The Kier molecular flexibility index (Phi) is 2.11. The molecule has 5 heteroatoms. The zero-order valence-electron chi connectivity index (χ0n) is 8.70. The SMILES string of the molecule is C=C1Cc2cc3cnc(Cl)nc3n2CCN1. The van der Waals surface area contributed by atoms with E-state index in [1.807, 2.05) is 0 Å². The fourth-order valence-electron chi connectivity index (χ4n) is 2.09. The van der Waals surface area contributed by atoms with Crippen LogP contribution in [0.5, 0.6) is 0 Å². The Labute approximate surface area is 98.0 Å². The van der Waals surface area contributed by atoms with Crippen LogP contribution in [0.15, 0.2) is 24.5 Å². The molecule has 3 heterocycles. The molecule has 0 atom stereocenters. The lowest BCUT2D eigenvalue weighted by Crippen LogP contribution is -2.15. The van der Waals surface area contributed by atoms with Crippen molar-refractivity contribution in [1.82, 2.24) is 19.9 Å². The Hall–Kier alpha value is -1.55. The molecule has 0 saturated heterocycles. The van der Waals surface area contributed by atoms with Crippen LogP contribution < -0.4 is 5.32 Å². The van der Waals surface area contributed by atoms with Crippen LogP contribution in [0.25, 0.3) is 11.0 Å². The molecule has 0 amide bonds. The van der Waals surface area contributed by atoms with Gasteiger partial charge in [-0.25, -0.2) is 4.98 Å². The second-order valence-electron chi connectivity index (χ2n) is 3.91. The molecule has 0 aromatic carbocycles. The molecule has 16 heavy (non-hydrogen) atoms. The van der Waals surface area contributed by atoms with E-state index in [2.05, 4.69) is 32.5 Å². The number of aromatic nitrogens is 3. The first-order valence-electron chi connectivity index (χ1n) is 5.16. The van der Waals surface area contributed by atoms with Crippen LogP contribution in [0.3, 0.4) is 0 Å². The van der Waals surface area contributed by atoms with Crippen LogP contribution in [-0.2, 0) is 13.0 Å². The van der Waals surface area contributed by atoms with E-state index in [-0.39, 0.29) is 0 Å². The highest BCUT2D eigenvalue weighted by Gasteiger charge is 2.14. The van der Waals surface area contributed by atoms with Gasteiger partial charge in [0, 0.05) is 42.5 Å². The van der Waals surface area contributed by atoms with Crippen molar-refractivity contribution in [1.29, 1.82) is 0 Å². The van der Waals surface area contributed by atoms with Gasteiger partial charge in [-0.2, -0.15) is 4.98 Å². The maximum Gasteiger partial charge on any atom is 0.224 e. The van der Waals surface area contributed by atoms with E-state index in [1.165, 1.54) is 5.69 Å². The highest BCUT2D eigenvalue weighted by Crippen LogP contribution is 2.21. The smallest absolute Gasteiger partial charge is 0.224 e. The van der Waals surface area contributed by atoms with Crippen molar-refractivity contribution < 1.29 is 0 Å². The molecule has 1 aliphatic rings. The summed E-state index contributed by atoms with van der Waals surface area (Å²) in [6, 6.07) is 2.10. The van der Waals surface area contributed by atoms with Gasteiger partial charge in [0.2, 0.25) is 5.28 Å². The molecule has 1 aliphatic heterocycles. The summed E-state index contributed by atoms with van der Waals surface area (Å²) in [5, 5.41) is 4.60. The number of nitrogens with one attached hydrogen (secondary N) is 1. The highest BCUT2D eigenvalue weighted by atomic mass is 35.5. The van der Waals surface area contributed by atoms with Crippen molar-refractivity contribution >= 4 is 22.6 Å². The van der Waals surface area contributed by atoms with Gasteiger partial charge in [-0.3, -0.25) is 0 Å². The molecule has 0 aliphatic carbocycles. The summed E-state index contributed by atoms with van der Waals surface area (Å²) in [6.45, 7) is 5.73. The van der Waals surface area contributed by atoms with Crippen molar-refractivity contribution in [2.45, 2.75) is 13.0 Å². The maximum atomic E-state index is 5.82. The molecule has 3 rings (SSSR count). The molecule has 0 bridgehead atoms. The van der Waals surface area contributed by atoms with E-state index in [0.717, 1.165) is 36.2 Å². The molecule has 0 unspecified atom stereocenters. The van der Waals surface area contributed by atoms with Crippen LogP contribution in [0.4, 0.5) is 0 Å². The fourth-order valence-corrected chi connectivity index (χ4v) is 2.22. The number of nitrogens with zero attached hydrogens (tertiary/aromatic N) is 3. The van der Waals surface area contributed by atoms with Crippen molar-refractivity contribution in [3.05, 3.63) is 35.5 Å². The molecule has 0 saturated carbocycles. The van der Waals surface area contributed by atoms with E-state index in [1.54, 1.807) is 6.20 Å². The third-order valence-electron chi connectivity index (χ3n) is 2.80. The number of rotatable bonds is 0. The fraction of sp³-hybridized carbons (Fsp3) is 0.273. The molecule has 82 valence electrons. The average Bonchev–Trinajstić information content (AvgIpc) is 2.46. The minimum Gasteiger partial charge on any atom is -0.387 e. The first-order valence-corrected chi connectivity index (χ1v) is 5.54. The zero-order chi connectivity index (χ0) is 11.1. The van der Waals surface area contributed by atoms with Crippen molar-refractivity contribution in [3.63, 3.8) is 0 Å². The minimum atomic E-state index is 0.296. The minimum absolute atomic E-state index is 0.296. The molecular formula is C11H11ClN4. The Balaban J connectivity index is 2.23. The Morgan fingerprint density at radius 1 is 1.50 bits per heavy atom. The topological polar surface area (TPSA) is 42.7 Å². The normalized spacial score (nSPS) is 15.7. The van der Waals surface area contributed by atoms with Crippen LogP contribution >= 0.6 is 11.6 Å². The highest BCUT2D eigenvalue weighted by molar-refractivity contribution is 6.28. The average molecular weight is 235 g/mol. The Morgan fingerprint density at radius 2 is 2.38 bits per heavy atom. The van der Waals surface area contributed by atoms with Gasteiger partial charge in [-0.15, -0.1) is 0 Å². The van der Waals surface area contributed by atoms with E-state index >= 15 is 0 Å². The van der Waals surface area contributed by atoms with Crippen molar-refractivity contribution in [2.24, 2.45) is 0 Å². The maximum absolute atomic E-state index is 5.82. The third-order valence-corrected chi connectivity index (χ3v) is 2.98. The molecule has 2 aromatic rings. The monoisotopic (exact) mass is 234 g/mol. The largest absolute Gasteiger partial charge is 0.387 e. The lowest BCUT2D eigenvalue weighted by atomic mass is 10.2. The molecule has 0 radical (unpaired) electrons. The molecule has 2 aromatic heterocycles. The second-order valence-corrected chi connectivity index (χ2v) is 4.25. The first-order chi connectivity index (χ1) is 7.74. The summed E-state index contributed by atoms with van der Waals surface area (Å²) in [5.41, 5.74) is 3.16. The lowest BCUT2D eigenvalue weighted by Gasteiger charge is -2.04. The Morgan fingerprint density at radius 3 is 3.25 bits per heavy atom. The van der Waals surface area contributed by atoms with E-state index < -0.39 is 0 Å². The summed E-state index contributed by atoms with van der Waals surface area (Å²) in [7, 11) is 0. The molecule has 0 fully saturated rings. The Bertz CT molecular complexity index is 573. The van der Waals surface area contributed by atoms with Gasteiger partial charge in [-0.05, 0) is 17.7 Å². The van der Waals surface area contributed by atoms with Gasteiger partial charge in [0.25, 0.3) is 0 Å². The summed E-state index contributed by atoms with van der Waals surface area (Å²) >= 11 is 5.82. The van der Waals surface area contributed by atoms with Gasteiger partial charge in [-0.1, -0.05) is 6.58 Å². The van der Waals surface area contributed by atoms with Crippen molar-refractivity contribution in [3.8, 4) is 0 Å². The predicted molar refractivity (Wildman–Crippen MR) is 63.4 cm³/mol. The second kappa shape index (κ2) is 3.49. The number of allylic oxidation sites excluding steroid dienone is 1. The predicted octanol–water partition coefficient (Wildman–Crippen LogP) is 1.74. The summed E-state index contributed by atoms with van der Waals surface area (Å²) < 4.78 is 2.17. The quantitative estimate of drug-likeness (QED) is 0.707. The van der Waals surface area contributed by atoms with Crippen LogP contribution in [0, 0.1) is 0 Å². The van der Waals surface area contributed by atoms with Crippen LogP contribution in [0.2, 0.25) is 5.28 Å². The van der Waals surface area contributed by atoms with Gasteiger partial charge in [0.1, 0.15) is 5.65 Å². The summed E-state index contributed by atoms with van der Waals surface area (Å²) in [5.74, 6) is 0. The number of fused-ring (bicyclic) bond motifs is 3. The van der Waals surface area contributed by atoms with Crippen LogP contribution in [-0.4, -0.2) is 21.1 Å². The first kappa shape index (κ1) is 9.66. The summed E-state index contributed by atoms with van der Waals surface area (Å²) in [6.07, 6.45) is 2.59.